The van der Waals surface area contributed by atoms with Gasteiger partial charge in [-0.2, -0.15) is 15.1 Å². The Hall–Kier alpha value is -4.50. The van der Waals surface area contributed by atoms with Crippen molar-refractivity contribution in [2.75, 3.05) is 6.61 Å². The molecule has 2 aromatic carbocycles. The van der Waals surface area contributed by atoms with Crippen LogP contribution in [0.4, 0.5) is 0 Å². The number of hydrogen-bond acceptors (Lipinski definition) is 6. The normalized spacial score (nSPS) is 16.2. The van der Waals surface area contributed by atoms with Crippen molar-refractivity contribution in [1.29, 1.82) is 5.41 Å². The van der Waals surface area contributed by atoms with Gasteiger partial charge in [-0.3, -0.25) is 15.2 Å². The Bertz CT molecular complexity index is 1690. The van der Waals surface area contributed by atoms with Gasteiger partial charge in [0.05, 0.1) is 12.1 Å². The number of benzene rings is 2. The number of ether oxygens (including phenoxy) is 1. The Kier molecular flexibility index (Phi) is 6.13. The third kappa shape index (κ3) is 4.41. The number of para-hydroxylation sites is 1. The number of fused-ring (bicyclic) bond motifs is 2. The fraction of sp³-hybridized carbons (Fsp3) is 0.138. The lowest BCUT2D eigenvalue weighted by molar-refractivity contribution is -0.114. The van der Waals surface area contributed by atoms with E-state index in [0.29, 0.717) is 23.4 Å². The molecule has 6 rings (SSSR count). The number of carbonyl (C=O) groups excluding carboxylic acids is 1. The number of thioether (sulfide) groups is 1. The molecule has 0 radical (unpaired) electrons. The van der Waals surface area contributed by atoms with Crippen LogP contribution in [-0.4, -0.2) is 43.1 Å². The summed E-state index contributed by atoms with van der Waals surface area (Å²) in [7, 11) is 0. The summed E-state index contributed by atoms with van der Waals surface area (Å²) >= 11 is 1.26. The van der Waals surface area contributed by atoms with Crippen LogP contribution >= 0.6 is 11.8 Å². The van der Waals surface area contributed by atoms with E-state index >= 15 is 0 Å². The molecule has 4 heterocycles. The zero-order valence-corrected chi connectivity index (χ0v) is 21.7. The Labute approximate surface area is 223 Å². The van der Waals surface area contributed by atoms with Crippen molar-refractivity contribution in [3.8, 4) is 5.75 Å². The van der Waals surface area contributed by atoms with Crippen LogP contribution in [0.3, 0.4) is 0 Å². The molecule has 2 aromatic heterocycles. The van der Waals surface area contributed by atoms with Gasteiger partial charge in [-0.05, 0) is 67.1 Å². The lowest BCUT2D eigenvalue weighted by Gasteiger charge is -2.20. The minimum atomic E-state index is -0.452. The minimum absolute atomic E-state index is 0.00137. The van der Waals surface area contributed by atoms with E-state index in [-0.39, 0.29) is 11.4 Å². The second-order valence-electron chi connectivity index (χ2n) is 9.08. The highest BCUT2D eigenvalue weighted by Gasteiger charge is 2.36. The Morgan fingerprint density at radius 2 is 1.97 bits per heavy atom. The van der Waals surface area contributed by atoms with Crippen molar-refractivity contribution in [2.45, 2.75) is 20.4 Å². The molecule has 4 aromatic rings. The number of hydrazone groups is 1. The molecule has 0 unspecified atom stereocenters. The van der Waals surface area contributed by atoms with E-state index < -0.39 is 5.91 Å². The van der Waals surface area contributed by atoms with Crippen LogP contribution in [0.5, 0.6) is 5.75 Å². The SMILES string of the molecule is Cc1ccc(C)c(OCCn2cc(C=C3C(=N)N4N=C(c5cccnc5)SC4=NC3=O)c3ccccc32)c1. The van der Waals surface area contributed by atoms with Crippen LogP contribution in [0.15, 0.2) is 88.9 Å². The smallest absolute Gasteiger partial charge is 0.283 e. The van der Waals surface area contributed by atoms with E-state index in [9.17, 15) is 4.79 Å². The van der Waals surface area contributed by atoms with Gasteiger partial charge < -0.3 is 9.30 Å². The molecule has 0 fully saturated rings. The molecule has 9 heteroatoms. The topological polar surface area (TPSA) is 95.9 Å². The zero-order chi connectivity index (χ0) is 26.2. The first-order chi connectivity index (χ1) is 18.5. The second kappa shape index (κ2) is 9.75. The van der Waals surface area contributed by atoms with Gasteiger partial charge in [0.15, 0.2) is 5.84 Å². The molecular formula is C29H24N6O2S. The minimum Gasteiger partial charge on any atom is -0.491 e. The van der Waals surface area contributed by atoms with Crippen LogP contribution in [-0.2, 0) is 11.3 Å². The number of nitrogens with one attached hydrogen (secondary N) is 1. The zero-order valence-electron chi connectivity index (χ0n) is 20.9. The first-order valence-electron chi connectivity index (χ1n) is 12.2. The van der Waals surface area contributed by atoms with Gasteiger partial charge in [-0.15, -0.1) is 0 Å². The largest absolute Gasteiger partial charge is 0.491 e. The van der Waals surface area contributed by atoms with Crippen molar-refractivity contribution in [3.63, 3.8) is 0 Å². The highest BCUT2D eigenvalue weighted by atomic mass is 32.2. The van der Waals surface area contributed by atoms with Gasteiger partial charge in [0.2, 0.25) is 5.17 Å². The number of rotatable bonds is 6. The number of hydrogen-bond donors (Lipinski definition) is 1. The summed E-state index contributed by atoms with van der Waals surface area (Å²) in [5, 5.41) is 16.7. The summed E-state index contributed by atoms with van der Waals surface area (Å²) < 4.78 is 8.20. The van der Waals surface area contributed by atoms with Crippen LogP contribution < -0.4 is 4.74 Å². The number of carbonyl (C=O) groups is 1. The van der Waals surface area contributed by atoms with Crippen LogP contribution in [0.1, 0.15) is 22.3 Å². The predicted octanol–water partition coefficient (Wildman–Crippen LogP) is 5.40. The van der Waals surface area contributed by atoms with Gasteiger partial charge in [-0.1, -0.05) is 30.3 Å². The molecule has 188 valence electrons. The van der Waals surface area contributed by atoms with E-state index in [1.165, 1.54) is 16.8 Å². The quantitative estimate of drug-likeness (QED) is 0.344. The molecule has 38 heavy (non-hydrogen) atoms. The Morgan fingerprint density at radius 1 is 1.11 bits per heavy atom. The molecule has 0 spiro atoms. The molecule has 1 amide bonds. The summed E-state index contributed by atoms with van der Waals surface area (Å²) in [6, 6.07) is 17.9. The maximum Gasteiger partial charge on any atom is 0.283 e. The highest BCUT2D eigenvalue weighted by molar-refractivity contribution is 8.27. The lowest BCUT2D eigenvalue weighted by Crippen LogP contribution is -2.35. The molecule has 2 aliphatic heterocycles. The van der Waals surface area contributed by atoms with Crippen molar-refractivity contribution < 1.29 is 9.53 Å². The summed E-state index contributed by atoms with van der Waals surface area (Å²) in [6.07, 6.45) is 7.11. The number of aromatic nitrogens is 2. The van der Waals surface area contributed by atoms with E-state index in [2.05, 4.69) is 38.7 Å². The number of aryl methyl sites for hydroxylation is 2. The first kappa shape index (κ1) is 23.9. The van der Waals surface area contributed by atoms with Gasteiger partial charge in [0.25, 0.3) is 5.91 Å². The monoisotopic (exact) mass is 520 g/mol. The fourth-order valence-electron chi connectivity index (χ4n) is 4.45. The average molecular weight is 521 g/mol. The molecule has 0 saturated carbocycles. The van der Waals surface area contributed by atoms with Crippen molar-refractivity contribution >= 4 is 50.7 Å². The predicted molar refractivity (Wildman–Crippen MR) is 152 cm³/mol. The third-order valence-corrected chi connectivity index (χ3v) is 7.37. The van der Waals surface area contributed by atoms with Gasteiger partial charge in [0.1, 0.15) is 17.4 Å². The molecular weight excluding hydrogens is 496 g/mol. The summed E-state index contributed by atoms with van der Waals surface area (Å²) in [5.74, 6) is 0.432. The first-order valence-corrected chi connectivity index (χ1v) is 13.0. The molecule has 1 N–H and O–H groups in total. The van der Waals surface area contributed by atoms with Gasteiger partial charge in [0, 0.05) is 40.6 Å². The third-order valence-electron chi connectivity index (χ3n) is 6.42. The summed E-state index contributed by atoms with van der Waals surface area (Å²) in [5.41, 5.74) is 5.12. The second-order valence-corrected chi connectivity index (χ2v) is 10.0. The number of amidine groups is 2. The van der Waals surface area contributed by atoms with Crippen molar-refractivity contribution in [1.82, 2.24) is 14.6 Å². The maximum absolute atomic E-state index is 13.0. The van der Waals surface area contributed by atoms with E-state index in [4.69, 9.17) is 10.1 Å². The standard InChI is InChI=1S/C29H24N6O2S/c1-18-9-10-19(2)25(14-18)37-13-12-34-17-21(22-7-3-4-8-24(22)34)15-23-26(30)35-29(32-27(23)36)38-28(33-35)20-6-5-11-31-16-20/h3-11,14-17,30H,12-13H2,1-2H3. The maximum atomic E-state index is 13.0. The summed E-state index contributed by atoms with van der Waals surface area (Å²) in [4.78, 5) is 21.4. The highest BCUT2D eigenvalue weighted by Crippen LogP contribution is 2.32. The van der Waals surface area contributed by atoms with E-state index in [0.717, 1.165) is 38.9 Å². The van der Waals surface area contributed by atoms with Crippen molar-refractivity contribution in [2.24, 2.45) is 10.1 Å². The summed E-state index contributed by atoms with van der Waals surface area (Å²) in [6.45, 7) is 5.22. The molecule has 0 atom stereocenters. The molecule has 0 aliphatic carbocycles. The lowest BCUT2D eigenvalue weighted by atomic mass is 10.1. The van der Waals surface area contributed by atoms with Gasteiger partial charge >= 0.3 is 0 Å². The number of nitrogens with zero attached hydrogens (tertiary/aromatic N) is 5. The molecule has 0 bridgehead atoms. The number of amides is 1. The van der Waals surface area contributed by atoms with E-state index in [1.54, 1.807) is 18.5 Å². The van der Waals surface area contributed by atoms with Crippen molar-refractivity contribution in [3.05, 3.63) is 101 Å². The van der Waals surface area contributed by atoms with Crippen LogP contribution in [0.25, 0.3) is 17.0 Å². The van der Waals surface area contributed by atoms with Crippen LogP contribution in [0.2, 0.25) is 0 Å². The number of pyridine rings is 1. The fourth-order valence-corrected chi connectivity index (χ4v) is 5.33. The van der Waals surface area contributed by atoms with Gasteiger partial charge in [-0.25, -0.2) is 0 Å². The molecule has 2 aliphatic rings. The average Bonchev–Trinajstić information content (AvgIpc) is 3.51. The Balaban J connectivity index is 1.28. The van der Waals surface area contributed by atoms with Crippen LogP contribution in [0, 0.1) is 19.3 Å². The molecule has 0 saturated heterocycles. The van der Waals surface area contributed by atoms with E-state index in [1.807, 2.05) is 55.6 Å². The number of aliphatic imine (C=N–C) groups is 1. The molecule has 8 nitrogen and oxygen atoms in total. The Morgan fingerprint density at radius 3 is 2.82 bits per heavy atom.